The highest BCUT2D eigenvalue weighted by Gasteiger charge is 2.34. The lowest BCUT2D eigenvalue weighted by atomic mass is 9.94. The van der Waals surface area contributed by atoms with Gasteiger partial charge in [0.1, 0.15) is 11.5 Å². The van der Waals surface area contributed by atoms with Crippen LogP contribution in [0.5, 0.6) is 17.4 Å². The van der Waals surface area contributed by atoms with Crippen LogP contribution in [-0.2, 0) is 11.3 Å². The summed E-state index contributed by atoms with van der Waals surface area (Å²) >= 11 is 0. The van der Waals surface area contributed by atoms with Crippen molar-refractivity contribution in [2.24, 2.45) is 5.92 Å². The summed E-state index contributed by atoms with van der Waals surface area (Å²) in [5, 5.41) is 7.40. The molecule has 29 heavy (non-hydrogen) atoms. The number of ether oxygens (including phenoxy) is 3. The van der Waals surface area contributed by atoms with Crippen LogP contribution < -0.4 is 20.1 Å². The molecule has 2 aromatic rings. The minimum absolute atomic E-state index is 0.472. The van der Waals surface area contributed by atoms with Crippen molar-refractivity contribution in [1.29, 1.82) is 0 Å². The number of pyridine rings is 1. The average Bonchev–Trinajstić information content (AvgIpc) is 3.24. The molecular weight excluding hydrogens is 366 g/mol. The Labute approximate surface area is 173 Å². The summed E-state index contributed by atoms with van der Waals surface area (Å²) in [4.78, 5) is 4.35. The van der Waals surface area contributed by atoms with Crippen molar-refractivity contribution < 1.29 is 14.2 Å². The molecule has 1 aromatic heterocycles. The topological polar surface area (TPSA) is 64.6 Å². The molecule has 0 bridgehead atoms. The summed E-state index contributed by atoms with van der Waals surface area (Å²) in [6.07, 6.45) is 5.58. The van der Waals surface area contributed by atoms with E-state index >= 15 is 0 Å². The third-order valence-electron chi connectivity index (χ3n) is 5.76. The number of aromatic nitrogens is 1. The molecule has 1 saturated carbocycles. The summed E-state index contributed by atoms with van der Waals surface area (Å²) in [5.74, 6) is 2.84. The largest absolute Gasteiger partial charge is 0.494 e. The lowest BCUT2D eigenvalue weighted by Gasteiger charge is -2.33. The number of nitrogens with zero attached hydrogens (tertiary/aromatic N) is 1. The standard InChI is InChI=1S/C23H31N3O3/c1-2-28-18-6-8-19(9-7-18)29-23-14-17(10-11-25-23)15-26-21-5-3-4-20(21)22-16-27-13-12-24-22/h6-11,14,20-22,24,26H,2-5,12-13,15-16H2,1H3. The SMILES string of the molecule is CCOc1ccc(Oc2cc(CNC3CCCC3C3COCCN3)ccn2)cc1. The predicted octanol–water partition coefficient (Wildman–Crippen LogP) is 3.52. The Kier molecular flexibility index (Phi) is 6.98. The van der Waals surface area contributed by atoms with E-state index in [9.17, 15) is 0 Å². The van der Waals surface area contributed by atoms with Crippen molar-refractivity contribution in [3.63, 3.8) is 0 Å². The Morgan fingerprint density at radius 2 is 2.03 bits per heavy atom. The van der Waals surface area contributed by atoms with Crippen LogP contribution in [-0.4, -0.2) is 43.4 Å². The molecule has 4 rings (SSSR count). The predicted molar refractivity (Wildman–Crippen MR) is 113 cm³/mol. The normalized spacial score (nSPS) is 24.4. The molecule has 2 aliphatic rings. The maximum atomic E-state index is 5.92. The average molecular weight is 398 g/mol. The minimum atomic E-state index is 0.472. The number of hydrogen-bond acceptors (Lipinski definition) is 6. The van der Waals surface area contributed by atoms with E-state index in [4.69, 9.17) is 14.2 Å². The number of morpholine rings is 1. The molecule has 0 spiro atoms. The van der Waals surface area contributed by atoms with E-state index in [1.807, 2.05) is 49.5 Å². The van der Waals surface area contributed by atoms with Gasteiger partial charge in [-0.2, -0.15) is 0 Å². The second-order valence-corrected chi connectivity index (χ2v) is 7.73. The van der Waals surface area contributed by atoms with Crippen molar-refractivity contribution in [1.82, 2.24) is 15.6 Å². The van der Waals surface area contributed by atoms with Crippen LogP contribution in [0.3, 0.4) is 0 Å². The summed E-state index contributed by atoms with van der Waals surface area (Å²) in [6.45, 7) is 6.07. The maximum Gasteiger partial charge on any atom is 0.219 e. The summed E-state index contributed by atoms with van der Waals surface area (Å²) < 4.78 is 17.1. The van der Waals surface area contributed by atoms with Crippen LogP contribution in [0, 0.1) is 5.92 Å². The molecule has 1 saturated heterocycles. The van der Waals surface area contributed by atoms with Gasteiger partial charge in [0.25, 0.3) is 0 Å². The van der Waals surface area contributed by atoms with E-state index in [-0.39, 0.29) is 0 Å². The first kappa shape index (κ1) is 20.1. The van der Waals surface area contributed by atoms with Crippen LogP contribution in [0.15, 0.2) is 42.6 Å². The Balaban J connectivity index is 1.32. The third-order valence-corrected chi connectivity index (χ3v) is 5.76. The van der Waals surface area contributed by atoms with E-state index < -0.39 is 0 Å². The molecule has 1 aliphatic carbocycles. The smallest absolute Gasteiger partial charge is 0.219 e. The zero-order valence-corrected chi connectivity index (χ0v) is 17.1. The fraction of sp³-hybridized carbons (Fsp3) is 0.522. The Morgan fingerprint density at radius 1 is 1.17 bits per heavy atom. The molecule has 3 atom stereocenters. The first-order chi connectivity index (χ1) is 14.3. The van der Waals surface area contributed by atoms with Crippen molar-refractivity contribution in [3.8, 4) is 17.4 Å². The lowest BCUT2D eigenvalue weighted by molar-refractivity contribution is 0.0524. The van der Waals surface area contributed by atoms with Crippen LogP contribution in [0.2, 0.25) is 0 Å². The quantitative estimate of drug-likeness (QED) is 0.711. The molecular formula is C23H31N3O3. The molecule has 1 aromatic carbocycles. The number of benzene rings is 1. The molecule has 6 heteroatoms. The molecule has 156 valence electrons. The van der Waals surface area contributed by atoms with Gasteiger partial charge in [-0.05, 0) is 61.6 Å². The highest BCUT2D eigenvalue weighted by atomic mass is 16.5. The summed E-state index contributed by atoms with van der Waals surface area (Å²) in [5.41, 5.74) is 1.18. The molecule has 0 radical (unpaired) electrons. The first-order valence-electron chi connectivity index (χ1n) is 10.7. The first-order valence-corrected chi connectivity index (χ1v) is 10.7. The lowest BCUT2D eigenvalue weighted by Crippen LogP contribution is -2.50. The minimum Gasteiger partial charge on any atom is -0.494 e. The van der Waals surface area contributed by atoms with E-state index in [1.165, 1.54) is 24.8 Å². The van der Waals surface area contributed by atoms with Crippen LogP contribution in [0.25, 0.3) is 0 Å². The van der Waals surface area contributed by atoms with E-state index in [2.05, 4.69) is 15.6 Å². The Bertz CT molecular complexity index is 762. The second-order valence-electron chi connectivity index (χ2n) is 7.73. The van der Waals surface area contributed by atoms with Crippen molar-refractivity contribution in [3.05, 3.63) is 48.2 Å². The van der Waals surface area contributed by atoms with E-state index in [1.54, 1.807) is 0 Å². The monoisotopic (exact) mass is 397 g/mol. The highest BCUT2D eigenvalue weighted by molar-refractivity contribution is 5.34. The molecule has 3 unspecified atom stereocenters. The maximum absolute atomic E-state index is 5.92. The molecule has 1 aliphatic heterocycles. The Hall–Kier alpha value is -2.15. The van der Waals surface area contributed by atoms with Gasteiger partial charge in [-0.15, -0.1) is 0 Å². The fourth-order valence-electron chi connectivity index (χ4n) is 4.34. The number of nitrogens with one attached hydrogen (secondary N) is 2. The van der Waals surface area contributed by atoms with Crippen LogP contribution in [0.1, 0.15) is 31.7 Å². The van der Waals surface area contributed by atoms with Crippen LogP contribution >= 0.6 is 0 Å². The van der Waals surface area contributed by atoms with Gasteiger partial charge in [0.05, 0.1) is 19.8 Å². The summed E-state index contributed by atoms with van der Waals surface area (Å²) in [6, 6.07) is 12.7. The fourth-order valence-corrected chi connectivity index (χ4v) is 4.34. The van der Waals surface area contributed by atoms with Crippen molar-refractivity contribution in [2.45, 2.75) is 44.8 Å². The molecule has 2 heterocycles. The van der Waals surface area contributed by atoms with Gasteiger partial charge in [0.15, 0.2) is 0 Å². The molecule has 2 N–H and O–H groups in total. The Morgan fingerprint density at radius 3 is 2.83 bits per heavy atom. The van der Waals surface area contributed by atoms with Gasteiger partial charge in [-0.3, -0.25) is 0 Å². The van der Waals surface area contributed by atoms with Crippen molar-refractivity contribution in [2.75, 3.05) is 26.4 Å². The summed E-state index contributed by atoms with van der Waals surface area (Å²) in [7, 11) is 0. The number of hydrogen-bond donors (Lipinski definition) is 2. The van der Waals surface area contributed by atoms with Gasteiger partial charge in [-0.25, -0.2) is 4.98 Å². The van der Waals surface area contributed by atoms with Gasteiger partial charge < -0.3 is 24.8 Å². The molecule has 6 nitrogen and oxygen atoms in total. The van der Waals surface area contributed by atoms with Crippen LogP contribution in [0.4, 0.5) is 0 Å². The van der Waals surface area contributed by atoms with Gasteiger partial charge in [-0.1, -0.05) is 6.42 Å². The highest BCUT2D eigenvalue weighted by Crippen LogP contribution is 2.30. The van der Waals surface area contributed by atoms with Crippen molar-refractivity contribution >= 4 is 0 Å². The van der Waals surface area contributed by atoms with Gasteiger partial charge >= 0.3 is 0 Å². The molecule has 0 amide bonds. The zero-order chi connectivity index (χ0) is 19.9. The van der Waals surface area contributed by atoms with E-state index in [0.29, 0.717) is 30.5 Å². The molecule has 2 fully saturated rings. The van der Waals surface area contributed by atoms with E-state index in [0.717, 1.165) is 37.8 Å². The van der Waals surface area contributed by atoms with Gasteiger partial charge in [0, 0.05) is 37.4 Å². The zero-order valence-electron chi connectivity index (χ0n) is 17.1. The van der Waals surface area contributed by atoms with Gasteiger partial charge in [0.2, 0.25) is 5.88 Å². The second kappa shape index (κ2) is 10.1. The number of rotatable bonds is 8. The third kappa shape index (κ3) is 5.47.